The quantitative estimate of drug-likeness (QED) is 0.350. The first kappa shape index (κ1) is 18.4. The highest BCUT2D eigenvalue weighted by atomic mass is 16.5. The Bertz CT molecular complexity index is 978. The van der Waals surface area contributed by atoms with Gasteiger partial charge in [-0.25, -0.2) is 10.5 Å². The normalized spacial score (nSPS) is 17.5. The van der Waals surface area contributed by atoms with E-state index in [2.05, 4.69) is 39.3 Å². The number of H-pyrrole nitrogens is 1. The maximum atomic E-state index is 11.1. The highest BCUT2D eigenvalue weighted by molar-refractivity contribution is 5.90. The SMILES string of the molecule is O=C(C=Cc1ccc(C2CCCN2CCc2c[nH]c3ncccc23)cc1)NO. The molecule has 6 nitrogen and oxygen atoms in total. The van der Waals surface area contributed by atoms with Crippen LogP contribution in [-0.4, -0.2) is 39.1 Å². The molecule has 144 valence electrons. The van der Waals surface area contributed by atoms with Crippen molar-refractivity contribution in [2.45, 2.75) is 25.3 Å². The molecule has 1 aliphatic heterocycles. The molecule has 1 atom stereocenters. The van der Waals surface area contributed by atoms with E-state index >= 15 is 0 Å². The number of carbonyl (C=O) groups excluding carboxylic acids is 1. The molecule has 1 aromatic carbocycles. The van der Waals surface area contributed by atoms with Crippen LogP contribution >= 0.6 is 0 Å². The van der Waals surface area contributed by atoms with Crippen LogP contribution < -0.4 is 5.48 Å². The molecule has 2 aromatic heterocycles. The third kappa shape index (κ3) is 3.98. The second-order valence-electron chi connectivity index (χ2n) is 7.13. The van der Waals surface area contributed by atoms with E-state index in [-0.39, 0.29) is 0 Å². The van der Waals surface area contributed by atoms with Crippen LogP contribution in [0, 0.1) is 0 Å². The predicted octanol–water partition coefficient (Wildman–Crippen LogP) is 3.46. The number of fused-ring (bicyclic) bond motifs is 1. The van der Waals surface area contributed by atoms with E-state index in [1.807, 2.05) is 24.4 Å². The number of hydrogen-bond donors (Lipinski definition) is 3. The molecule has 3 heterocycles. The number of aromatic amines is 1. The number of pyridine rings is 1. The summed E-state index contributed by atoms with van der Waals surface area (Å²) in [5, 5.41) is 9.75. The Balaban J connectivity index is 1.42. The van der Waals surface area contributed by atoms with Crippen molar-refractivity contribution in [1.82, 2.24) is 20.3 Å². The van der Waals surface area contributed by atoms with Crippen molar-refractivity contribution in [2.75, 3.05) is 13.1 Å². The summed E-state index contributed by atoms with van der Waals surface area (Å²) < 4.78 is 0. The monoisotopic (exact) mass is 376 g/mol. The number of hydroxylamine groups is 1. The van der Waals surface area contributed by atoms with Crippen molar-refractivity contribution in [3.8, 4) is 0 Å². The Morgan fingerprint density at radius 2 is 2.18 bits per heavy atom. The van der Waals surface area contributed by atoms with Gasteiger partial charge in [0.2, 0.25) is 0 Å². The first-order valence-electron chi connectivity index (χ1n) is 9.62. The Morgan fingerprint density at radius 1 is 1.32 bits per heavy atom. The number of amides is 1. The van der Waals surface area contributed by atoms with Crippen molar-refractivity contribution in [3.63, 3.8) is 0 Å². The number of nitrogens with zero attached hydrogens (tertiary/aromatic N) is 2. The lowest BCUT2D eigenvalue weighted by molar-refractivity contribution is -0.124. The van der Waals surface area contributed by atoms with Gasteiger partial charge in [0.25, 0.3) is 5.91 Å². The molecule has 0 aliphatic carbocycles. The lowest BCUT2D eigenvalue weighted by Crippen LogP contribution is -2.25. The molecule has 0 spiro atoms. The van der Waals surface area contributed by atoms with Gasteiger partial charge >= 0.3 is 0 Å². The molecule has 3 aromatic rings. The first-order valence-corrected chi connectivity index (χ1v) is 9.62. The summed E-state index contributed by atoms with van der Waals surface area (Å²) >= 11 is 0. The molecule has 1 amide bonds. The molecule has 1 saturated heterocycles. The topological polar surface area (TPSA) is 81.2 Å². The minimum atomic E-state index is -0.529. The Labute approximate surface area is 163 Å². The fraction of sp³-hybridized carbons (Fsp3) is 0.273. The van der Waals surface area contributed by atoms with Crippen molar-refractivity contribution in [1.29, 1.82) is 0 Å². The van der Waals surface area contributed by atoms with E-state index in [9.17, 15) is 4.79 Å². The second kappa shape index (κ2) is 8.37. The number of benzene rings is 1. The average molecular weight is 376 g/mol. The number of nitrogens with one attached hydrogen (secondary N) is 2. The van der Waals surface area contributed by atoms with E-state index < -0.39 is 5.91 Å². The summed E-state index contributed by atoms with van der Waals surface area (Å²) in [6.07, 6.45) is 10.3. The maximum Gasteiger partial charge on any atom is 0.267 e. The molecule has 1 fully saturated rings. The van der Waals surface area contributed by atoms with Crippen molar-refractivity contribution >= 4 is 23.0 Å². The van der Waals surface area contributed by atoms with Crippen LogP contribution in [0.15, 0.2) is 54.9 Å². The highest BCUT2D eigenvalue weighted by Crippen LogP contribution is 2.32. The average Bonchev–Trinajstić information content (AvgIpc) is 3.37. The first-order chi connectivity index (χ1) is 13.7. The molecule has 3 N–H and O–H groups in total. The van der Waals surface area contributed by atoms with Crippen LogP contribution in [0.4, 0.5) is 0 Å². The zero-order valence-corrected chi connectivity index (χ0v) is 15.6. The lowest BCUT2D eigenvalue weighted by atomic mass is 10.0. The molecule has 28 heavy (non-hydrogen) atoms. The highest BCUT2D eigenvalue weighted by Gasteiger charge is 2.25. The van der Waals surface area contributed by atoms with Gasteiger partial charge in [0, 0.05) is 36.4 Å². The zero-order valence-electron chi connectivity index (χ0n) is 15.6. The summed E-state index contributed by atoms with van der Waals surface area (Å²) in [5.41, 5.74) is 6.10. The van der Waals surface area contributed by atoms with Crippen LogP contribution in [0.1, 0.15) is 35.6 Å². The molecule has 6 heteroatoms. The standard InChI is InChI=1S/C22H24N4O2/c27-21(25-28)10-7-16-5-8-17(9-6-16)20-4-2-13-26(20)14-11-18-15-24-22-19(18)3-1-12-23-22/h1,3,5-10,12,15,20,28H,2,4,11,13-14H2,(H,23,24)(H,25,27). The molecular weight excluding hydrogens is 352 g/mol. The van der Waals surface area contributed by atoms with Crippen molar-refractivity contribution < 1.29 is 10.0 Å². The van der Waals surface area contributed by atoms with Crippen LogP contribution in [0.2, 0.25) is 0 Å². The van der Waals surface area contributed by atoms with Gasteiger partial charge in [-0.05, 0) is 60.7 Å². The second-order valence-corrected chi connectivity index (χ2v) is 7.13. The smallest absolute Gasteiger partial charge is 0.267 e. The molecular formula is C22H24N4O2. The number of hydrogen-bond acceptors (Lipinski definition) is 4. The molecule has 1 aliphatic rings. The van der Waals surface area contributed by atoms with Crippen molar-refractivity contribution in [2.24, 2.45) is 0 Å². The van der Waals surface area contributed by atoms with E-state index in [4.69, 9.17) is 5.21 Å². The summed E-state index contributed by atoms with van der Waals surface area (Å²) in [4.78, 5) is 21.3. The fourth-order valence-electron chi connectivity index (χ4n) is 3.99. The maximum absolute atomic E-state index is 11.1. The minimum absolute atomic E-state index is 0.433. The summed E-state index contributed by atoms with van der Waals surface area (Å²) in [6, 6.07) is 12.8. The lowest BCUT2D eigenvalue weighted by Gasteiger charge is -2.25. The molecule has 0 bridgehead atoms. The van der Waals surface area contributed by atoms with Gasteiger partial charge in [-0.1, -0.05) is 24.3 Å². The van der Waals surface area contributed by atoms with E-state index in [0.29, 0.717) is 6.04 Å². The molecule has 1 unspecified atom stereocenters. The number of carbonyl (C=O) groups is 1. The number of rotatable bonds is 6. The summed E-state index contributed by atoms with van der Waals surface area (Å²) in [6.45, 7) is 2.13. The summed E-state index contributed by atoms with van der Waals surface area (Å²) in [7, 11) is 0. The van der Waals surface area contributed by atoms with Gasteiger partial charge in [0.15, 0.2) is 0 Å². The molecule has 0 radical (unpaired) electrons. The third-order valence-corrected chi connectivity index (χ3v) is 5.43. The van der Waals surface area contributed by atoms with Crippen LogP contribution in [0.3, 0.4) is 0 Å². The van der Waals surface area contributed by atoms with Crippen LogP contribution in [0.25, 0.3) is 17.1 Å². The largest absolute Gasteiger partial charge is 0.346 e. The van der Waals surface area contributed by atoms with Gasteiger partial charge in [-0.15, -0.1) is 0 Å². The zero-order chi connectivity index (χ0) is 19.3. The predicted molar refractivity (Wildman–Crippen MR) is 109 cm³/mol. The van der Waals surface area contributed by atoms with E-state index in [0.717, 1.165) is 37.1 Å². The van der Waals surface area contributed by atoms with Gasteiger partial charge in [0.05, 0.1) is 0 Å². The minimum Gasteiger partial charge on any atom is -0.346 e. The Kier molecular flexibility index (Phi) is 5.50. The van der Waals surface area contributed by atoms with Gasteiger partial charge < -0.3 is 4.98 Å². The third-order valence-electron chi connectivity index (χ3n) is 5.43. The van der Waals surface area contributed by atoms with Crippen LogP contribution in [0.5, 0.6) is 0 Å². The number of aromatic nitrogens is 2. The van der Waals surface area contributed by atoms with Gasteiger partial charge in [0.1, 0.15) is 5.65 Å². The van der Waals surface area contributed by atoms with Crippen molar-refractivity contribution in [3.05, 3.63) is 71.6 Å². The van der Waals surface area contributed by atoms with Gasteiger partial charge in [-0.3, -0.25) is 14.9 Å². The fourth-order valence-corrected chi connectivity index (χ4v) is 3.99. The summed E-state index contributed by atoms with van der Waals surface area (Å²) in [5.74, 6) is -0.529. The van der Waals surface area contributed by atoms with E-state index in [1.54, 1.807) is 11.6 Å². The van der Waals surface area contributed by atoms with Gasteiger partial charge in [-0.2, -0.15) is 0 Å². The molecule has 0 saturated carbocycles. The molecule has 4 rings (SSSR count). The number of likely N-dealkylation sites (tertiary alicyclic amines) is 1. The Morgan fingerprint density at radius 3 is 3.00 bits per heavy atom. The van der Waals surface area contributed by atoms with Crippen LogP contribution in [-0.2, 0) is 11.2 Å². The van der Waals surface area contributed by atoms with E-state index in [1.165, 1.54) is 29.0 Å². The Hall–Kier alpha value is -2.96.